The molecule has 2 atom stereocenters. The van der Waals surface area contributed by atoms with Crippen molar-refractivity contribution in [2.75, 3.05) is 6.54 Å². The number of aliphatic carboxylic acids is 1. The number of likely N-dealkylation sites (tertiary alicyclic amines) is 1. The zero-order chi connectivity index (χ0) is 13.3. The lowest BCUT2D eigenvalue weighted by Gasteiger charge is -2.20. The minimum atomic E-state index is -1.17. The van der Waals surface area contributed by atoms with Crippen molar-refractivity contribution in [2.45, 2.75) is 18.6 Å². The number of carbonyl (C=O) groups excluding carboxylic acids is 1. The predicted octanol–water partition coefficient (Wildman–Crippen LogP) is -0.700. The molecule has 1 aliphatic heterocycles. The maximum atomic E-state index is 12.0. The van der Waals surface area contributed by atoms with Gasteiger partial charge >= 0.3 is 11.6 Å². The highest BCUT2D eigenvalue weighted by molar-refractivity contribution is 5.96. The van der Waals surface area contributed by atoms with Crippen LogP contribution < -0.4 is 5.63 Å². The summed E-state index contributed by atoms with van der Waals surface area (Å²) in [6, 6.07) is 1.28. The van der Waals surface area contributed by atoms with Gasteiger partial charge in [-0.3, -0.25) is 4.79 Å². The largest absolute Gasteiger partial charge is 0.480 e. The normalized spacial score (nSPS) is 23.1. The van der Waals surface area contributed by atoms with E-state index in [9.17, 15) is 19.5 Å². The maximum absolute atomic E-state index is 12.0. The van der Waals surface area contributed by atoms with Crippen molar-refractivity contribution >= 4 is 11.9 Å². The number of carboxylic acid groups (broad SMARTS) is 1. The number of aliphatic hydroxyl groups excluding tert-OH is 1. The van der Waals surface area contributed by atoms with Crippen LogP contribution in [-0.2, 0) is 4.79 Å². The van der Waals surface area contributed by atoms with Crippen molar-refractivity contribution < 1.29 is 24.2 Å². The van der Waals surface area contributed by atoms with Crippen LogP contribution in [0, 0.1) is 0 Å². The summed E-state index contributed by atoms with van der Waals surface area (Å²) in [6.07, 6.45) is 0.123. The Labute approximate surface area is 101 Å². The fraction of sp³-hybridized carbons (Fsp3) is 0.364. The second kappa shape index (κ2) is 4.61. The Morgan fingerprint density at radius 1 is 1.39 bits per heavy atom. The van der Waals surface area contributed by atoms with Gasteiger partial charge in [-0.2, -0.15) is 0 Å². The van der Waals surface area contributed by atoms with Gasteiger partial charge < -0.3 is 19.5 Å². The maximum Gasteiger partial charge on any atom is 0.335 e. The Balaban J connectivity index is 2.25. The van der Waals surface area contributed by atoms with Crippen LogP contribution in [0.2, 0.25) is 0 Å². The monoisotopic (exact) mass is 253 g/mol. The van der Waals surface area contributed by atoms with Crippen molar-refractivity contribution in [3.8, 4) is 0 Å². The Kier molecular flexibility index (Phi) is 3.15. The van der Waals surface area contributed by atoms with E-state index in [1.165, 1.54) is 6.07 Å². The number of carboxylic acids is 1. The third-order valence-electron chi connectivity index (χ3n) is 2.77. The minimum absolute atomic E-state index is 0.00213. The van der Waals surface area contributed by atoms with Crippen molar-refractivity contribution in [1.82, 2.24) is 4.90 Å². The Morgan fingerprint density at radius 2 is 2.11 bits per heavy atom. The molecule has 2 N–H and O–H groups in total. The van der Waals surface area contributed by atoms with E-state index in [0.29, 0.717) is 0 Å². The first-order chi connectivity index (χ1) is 8.49. The summed E-state index contributed by atoms with van der Waals surface area (Å²) in [6.45, 7) is -0.0467. The molecule has 18 heavy (non-hydrogen) atoms. The summed E-state index contributed by atoms with van der Waals surface area (Å²) < 4.78 is 4.55. The van der Waals surface area contributed by atoms with E-state index in [4.69, 9.17) is 5.11 Å². The van der Waals surface area contributed by atoms with Gasteiger partial charge in [0.15, 0.2) is 0 Å². The number of aliphatic hydroxyl groups is 1. The number of hydrogen-bond acceptors (Lipinski definition) is 5. The lowest BCUT2D eigenvalue weighted by molar-refractivity contribution is -0.141. The Bertz CT molecular complexity index is 516. The van der Waals surface area contributed by atoms with Gasteiger partial charge in [0.1, 0.15) is 12.3 Å². The second-order valence-electron chi connectivity index (χ2n) is 4.04. The molecule has 0 saturated carbocycles. The SMILES string of the molecule is O=C(O)[C@@H]1C[C@@H](O)CN1C(=O)c1ccc(=O)oc1. The fourth-order valence-corrected chi connectivity index (χ4v) is 1.92. The predicted molar refractivity (Wildman–Crippen MR) is 58.1 cm³/mol. The molecule has 1 fully saturated rings. The van der Waals surface area contributed by atoms with Crippen molar-refractivity contribution in [3.05, 3.63) is 34.4 Å². The molecule has 7 nitrogen and oxygen atoms in total. The van der Waals surface area contributed by atoms with Crippen molar-refractivity contribution in [2.24, 2.45) is 0 Å². The van der Waals surface area contributed by atoms with Gasteiger partial charge in [0.2, 0.25) is 0 Å². The summed E-state index contributed by atoms with van der Waals surface area (Å²) in [5.74, 6) is -1.75. The molecule has 0 aromatic carbocycles. The summed E-state index contributed by atoms with van der Waals surface area (Å²) >= 11 is 0. The van der Waals surface area contributed by atoms with Gasteiger partial charge in [-0.15, -0.1) is 0 Å². The van der Waals surface area contributed by atoms with Gasteiger partial charge in [0.25, 0.3) is 5.91 Å². The van der Waals surface area contributed by atoms with Gasteiger partial charge in [0.05, 0.1) is 11.7 Å². The summed E-state index contributed by atoms with van der Waals surface area (Å²) in [7, 11) is 0. The molecule has 1 aromatic rings. The van der Waals surface area contributed by atoms with Gasteiger partial charge in [-0.05, 0) is 6.07 Å². The zero-order valence-electron chi connectivity index (χ0n) is 9.28. The van der Waals surface area contributed by atoms with E-state index in [1.54, 1.807) is 0 Å². The molecule has 2 heterocycles. The molecule has 96 valence electrons. The van der Waals surface area contributed by atoms with Crippen molar-refractivity contribution in [1.29, 1.82) is 0 Å². The first-order valence-electron chi connectivity index (χ1n) is 5.29. The zero-order valence-corrected chi connectivity index (χ0v) is 9.28. The molecular weight excluding hydrogens is 242 g/mol. The van der Waals surface area contributed by atoms with Crippen molar-refractivity contribution in [3.63, 3.8) is 0 Å². The van der Waals surface area contributed by atoms with E-state index in [1.807, 2.05) is 0 Å². The average molecular weight is 253 g/mol. The number of amides is 1. The first-order valence-corrected chi connectivity index (χ1v) is 5.29. The quantitative estimate of drug-likeness (QED) is 0.721. The molecular formula is C11H11NO6. The highest BCUT2D eigenvalue weighted by Gasteiger charge is 2.39. The van der Waals surface area contributed by atoms with Crippen LogP contribution in [0.15, 0.2) is 27.6 Å². The van der Waals surface area contributed by atoms with Crippen LogP contribution >= 0.6 is 0 Å². The van der Waals surface area contributed by atoms with Crippen LogP contribution in [0.4, 0.5) is 0 Å². The van der Waals surface area contributed by atoms with Gasteiger partial charge in [-0.25, -0.2) is 9.59 Å². The van der Waals surface area contributed by atoms with E-state index in [0.717, 1.165) is 17.2 Å². The molecule has 0 radical (unpaired) electrons. The standard InChI is InChI=1S/C11H11NO6/c13-7-3-8(11(16)17)12(4-7)10(15)6-1-2-9(14)18-5-6/h1-2,5,7-8,13H,3-4H2,(H,16,17)/t7-,8+/m1/s1. The van der Waals surface area contributed by atoms with Gasteiger partial charge in [-0.1, -0.05) is 0 Å². The Hall–Kier alpha value is -2.15. The highest BCUT2D eigenvalue weighted by atomic mass is 16.4. The van der Waals surface area contributed by atoms with Gasteiger partial charge in [0, 0.05) is 19.0 Å². The molecule has 2 rings (SSSR count). The number of rotatable bonds is 2. The molecule has 0 unspecified atom stereocenters. The number of β-amino-alcohol motifs (C(OH)–C–C–N with tert-alkyl or cyclic N) is 1. The van der Waals surface area contributed by atoms with E-state index >= 15 is 0 Å². The summed E-state index contributed by atoms with van der Waals surface area (Å²) in [5.41, 5.74) is -0.516. The van der Waals surface area contributed by atoms with Crippen LogP contribution in [0.3, 0.4) is 0 Å². The molecule has 1 aliphatic rings. The van der Waals surface area contributed by atoms with E-state index in [-0.39, 0.29) is 18.5 Å². The molecule has 1 amide bonds. The third-order valence-corrected chi connectivity index (χ3v) is 2.77. The summed E-state index contributed by atoms with van der Waals surface area (Å²) in [5, 5.41) is 18.4. The second-order valence-corrected chi connectivity index (χ2v) is 4.04. The lowest BCUT2D eigenvalue weighted by atomic mass is 10.2. The number of nitrogens with zero attached hydrogens (tertiary/aromatic N) is 1. The summed E-state index contributed by atoms with van der Waals surface area (Å²) in [4.78, 5) is 34.8. The topological polar surface area (TPSA) is 108 Å². The molecule has 7 heteroatoms. The number of hydrogen-bond donors (Lipinski definition) is 2. The molecule has 0 spiro atoms. The average Bonchev–Trinajstić information content (AvgIpc) is 2.71. The highest BCUT2D eigenvalue weighted by Crippen LogP contribution is 2.20. The Morgan fingerprint density at radius 3 is 2.67 bits per heavy atom. The van der Waals surface area contributed by atoms with Crippen LogP contribution in [0.25, 0.3) is 0 Å². The van der Waals surface area contributed by atoms with Crippen LogP contribution in [-0.4, -0.2) is 45.7 Å². The minimum Gasteiger partial charge on any atom is -0.480 e. The van der Waals surface area contributed by atoms with E-state index < -0.39 is 29.6 Å². The molecule has 1 aromatic heterocycles. The molecule has 1 saturated heterocycles. The van der Waals surface area contributed by atoms with Crippen LogP contribution in [0.5, 0.6) is 0 Å². The lowest BCUT2D eigenvalue weighted by Crippen LogP contribution is -2.40. The third kappa shape index (κ3) is 2.25. The number of carbonyl (C=O) groups is 2. The molecule has 0 aliphatic carbocycles. The fourth-order valence-electron chi connectivity index (χ4n) is 1.92. The van der Waals surface area contributed by atoms with E-state index in [2.05, 4.69) is 4.42 Å². The van der Waals surface area contributed by atoms with Crippen LogP contribution in [0.1, 0.15) is 16.8 Å². The molecule has 0 bridgehead atoms. The first kappa shape index (κ1) is 12.3. The smallest absolute Gasteiger partial charge is 0.335 e.